The summed E-state index contributed by atoms with van der Waals surface area (Å²) in [5, 5.41) is 3.05. The molecule has 4 nitrogen and oxygen atoms in total. The minimum absolute atomic E-state index is 0.0530. The van der Waals surface area contributed by atoms with Crippen molar-refractivity contribution in [2.24, 2.45) is 0 Å². The van der Waals surface area contributed by atoms with Crippen LogP contribution in [0.5, 0.6) is 5.75 Å². The van der Waals surface area contributed by atoms with Crippen LogP contribution in [0.3, 0.4) is 0 Å². The first-order valence-electron chi connectivity index (χ1n) is 5.74. The van der Waals surface area contributed by atoms with Gasteiger partial charge < -0.3 is 4.74 Å². The minimum Gasteiger partial charge on any atom is -0.486 e. The van der Waals surface area contributed by atoms with E-state index in [2.05, 4.69) is 20.9 Å². The van der Waals surface area contributed by atoms with Crippen LogP contribution in [-0.4, -0.2) is 17.9 Å². The lowest BCUT2D eigenvalue weighted by Gasteiger charge is -2.09. The molecule has 0 N–H and O–H groups in total. The second-order valence-corrected chi connectivity index (χ2v) is 6.22. The van der Waals surface area contributed by atoms with Gasteiger partial charge in [-0.05, 0) is 18.2 Å². The number of benzene rings is 1. The van der Waals surface area contributed by atoms with Crippen molar-refractivity contribution in [3.05, 3.63) is 38.8 Å². The first-order valence-corrected chi connectivity index (χ1v) is 7.79. The molecule has 106 valence electrons. The van der Waals surface area contributed by atoms with E-state index >= 15 is 0 Å². The molecule has 2 rings (SSSR count). The Bertz CT molecular complexity index is 633. The first-order chi connectivity index (χ1) is 9.47. The van der Waals surface area contributed by atoms with Gasteiger partial charge in [-0.2, -0.15) is 0 Å². The number of hydrogen-bond donors (Lipinski definition) is 0. The summed E-state index contributed by atoms with van der Waals surface area (Å²) in [4.78, 5) is 17.1. The molecule has 1 aromatic heterocycles. The summed E-state index contributed by atoms with van der Waals surface area (Å²) in [6, 6.07) is 5.42. The highest BCUT2D eigenvalue weighted by Gasteiger charge is 2.11. The second-order valence-electron chi connectivity index (χ2n) is 4.06. The zero-order chi connectivity index (χ0) is 14.7. The molecule has 0 saturated heterocycles. The molecule has 7 heteroatoms. The van der Waals surface area contributed by atoms with Crippen LogP contribution in [0, 0.1) is 0 Å². The van der Waals surface area contributed by atoms with Crippen LogP contribution in [0.4, 0.5) is 5.13 Å². The van der Waals surface area contributed by atoms with Crippen molar-refractivity contribution in [2.45, 2.75) is 13.5 Å². The van der Waals surface area contributed by atoms with Crippen LogP contribution in [0.25, 0.3) is 0 Å². The number of anilines is 1. The Morgan fingerprint density at radius 1 is 1.55 bits per heavy atom. The molecule has 1 aromatic carbocycles. The van der Waals surface area contributed by atoms with E-state index in [1.807, 2.05) is 11.4 Å². The largest absolute Gasteiger partial charge is 0.486 e. The third-order valence-corrected chi connectivity index (χ3v) is 4.32. The van der Waals surface area contributed by atoms with Crippen LogP contribution in [0.2, 0.25) is 5.02 Å². The molecule has 1 heterocycles. The Morgan fingerprint density at radius 2 is 2.30 bits per heavy atom. The Balaban J connectivity index is 2.02. The zero-order valence-electron chi connectivity index (χ0n) is 10.9. The fraction of sp³-hybridized carbons (Fsp3) is 0.231. The van der Waals surface area contributed by atoms with Gasteiger partial charge in [-0.25, -0.2) is 4.98 Å². The molecule has 0 bridgehead atoms. The fourth-order valence-corrected chi connectivity index (χ4v) is 2.94. The van der Waals surface area contributed by atoms with Gasteiger partial charge in [0.2, 0.25) is 5.91 Å². The molecule has 0 aliphatic heterocycles. The number of aromatic nitrogens is 1. The fourth-order valence-electron chi connectivity index (χ4n) is 1.40. The van der Waals surface area contributed by atoms with Gasteiger partial charge in [-0.1, -0.05) is 27.5 Å². The van der Waals surface area contributed by atoms with E-state index in [1.165, 1.54) is 23.2 Å². The molecule has 0 fully saturated rings. The molecule has 0 unspecified atom stereocenters. The normalized spacial score (nSPS) is 10.4. The van der Waals surface area contributed by atoms with Crippen LogP contribution in [0.1, 0.15) is 12.6 Å². The lowest BCUT2D eigenvalue weighted by molar-refractivity contribution is -0.116. The van der Waals surface area contributed by atoms with E-state index in [0.29, 0.717) is 22.5 Å². The SMILES string of the molecule is CC(=O)N(C)c1nc(COc2ccc(Br)cc2Cl)cs1. The maximum Gasteiger partial charge on any atom is 0.225 e. The molecule has 1 amide bonds. The van der Waals surface area contributed by atoms with Gasteiger partial charge in [0.15, 0.2) is 5.13 Å². The Kier molecular flexibility index (Phi) is 5.01. The molecular formula is C13H12BrClN2O2S. The van der Waals surface area contributed by atoms with Crippen molar-refractivity contribution in [1.29, 1.82) is 0 Å². The van der Waals surface area contributed by atoms with Crippen LogP contribution < -0.4 is 9.64 Å². The smallest absolute Gasteiger partial charge is 0.225 e. The molecule has 20 heavy (non-hydrogen) atoms. The monoisotopic (exact) mass is 374 g/mol. The van der Waals surface area contributed by atoms with Gasteiger partial charge in [0.05, 0.1) is 10.7 Å². The van der Waals surface area contributed by atoms with Crippen LogP contribution >= 0.6 is 38.9 Å². The standard InChI is InChI=1S/C13H12BrClN2O2S/c1-8(18)17(2)13-16-10(7-20-13)6-19-12-4-3-9(14)5-11(12)15/h3-5,7H,6H2,1-2H3. The van der Waals surface area contributed by atoms with E-state index in [9.17, 15) is 4.79 Å². The predicted octanol–water partition coefficient (Wildman–Crippen LogP) is 4.12. The van der Waals surface area contributed by atoms with Gasteiger partial charge in [-0.15, -0.1) is 11.3 Å². The third-order valence-electron chi connectivity index (χ3n) is 2.57. The number of halogens is 2. The van der Waals surface area contributed by atoms with E-state index in [0.717, 1.165) is 10.2 Å². The summed E-state index contributed by atoms with van der Waals surface area (Å²) in [5.41, 5.74) is 0.761. The third kappa shape index (κ3) is 3.71. The van der Waals surface area contributed by atoms with E-state index in [-0.39, 0.29) is 5.91 Å². The molecular weight excluding hydrogens is 364 g/mol. The number of nitrogens with zero attached hydrogens (tertiary/aromatic N) is 2. The number of amides is 1. The predicted molar refractivity (Wildman–Crippen MR) is 84.7 cm³/mol. The van der Waals surface area contributed by atoms with Gasteiger partial charge >= 0.3 is 0 Å². The maximum absolute atomic E-state index is 11.2. The number of hydrogen-bond acceptors (Lipinski definition) is 4. The zero-order valence-corrected chi connectivity index (χ0v) is 14.1. The summed E-state index contributed by atoms with van der Waals surface area (Å²) in [7, 11) is 1.69. The minimum atomic E-state index is -0.0530. The summed E-state index contributed by atoms with van der Waals surface area (Å²) in [6.07, 6.45) is 0. The number of carbonyl (C=O) groups excluding carboxylic acids is 1. The van der Waals surface area contributed by atoms with Crippen LogP contribution in [0.15, 0.2) is 28.1 Å². The number of rotatable bonds is 4. The Hall–Kier alpha value is -1.11. The van der Waals surface area contributed by atoms with Gasteiger partial charge in [0.25, 0.3) is 0 Å². The van der Waals surface area contributed by atoms with Crippen molar-refractivity contribution in [3.8, 4) is 5.75 Å². The summed E-state index contributed by atoms with van der Waals surface area (Å²) < 4.78 is 6.52. The molecule has 0 radical (unpaired) electrons. The number of carbonyl (C=O) groups is 1. The highest BCUT2D eigenvalue weighted by molar-refractivity contribution is 9.10. The molecule has 0 aliphatic carbocycles. The highest BCUT2D eigenvalue weighted by Crippen LogP contribution is 2.29. The second kappa shape index (κ2) is 6.56. The molecule has 2 aromatic rings. The topological polar surface area (TPSA) is 42.4 Å². The van der Waals surface area contributed by atoms with Crippen molar-refractivity contribution in [1.82, 2.24) is 4.98 Å². The van der Waals surface area contributed by atoms with E-state index in [1.54, 1.807) is 19.2 Å². The van der Waals surface area contributed by atoms with Crippen LogP contribution in [-0.2, 0) is 11.4 Å². The average Bonchev–Trinajstić information content (AvgIpc) is 2.85. The van der Waals surface area contributed by atoms with Crippen molar-refractivity contribution in [3.63, 3.8) is 0 Å². The van der Waals surface area contributed by atoms with E-state index in [4.69, 9.17) is 16.3 Å². The molecule has 0 saturated carbocycles. The molecule has 0 spiro atoms. The Morgan fingerprint density at radius 3 is 2.95 bits per heavy atom. The van der Waals surface area contributed by atoms with E-state index < -0.39 is 0 Å². The number of thiazole rings is 1. The maximum atomic E-state index is 11.2. The van der Waals surface area contributed by atoms with Gasteiger partial charge in [-0.3, -0.25) is 9.69 Å². The van der Waals surface area contributed by atoms with Crippen molar-refractivity contribution >= 4 is 49.9 Å². The van der Waals surface area contributed by atoms with Gasteiger partial charge in [0, 0.05) is 23.8 Å². The summed E-state index contributed by atoms with van der Waals surface area (Å²) in [6.45, 7) is 1.81. The summed E-state index contributed by atoms with van der Waals surface area (Å²) >= 11 is 10.8. The lowest BCUT2D eigenvalue weighted by atomic mass is 10.3. The highest BCUT2D eigenvalue weighted by atomic mass is 79.9. The summed E-state index contributed by atoms with van der Waals surface area (Å²) in [5.74, 6) is 0.548. The Labute approximate surface area is 134 Å². The molecule has 0 aliphatic rings. The number of ether oxygens (including phenoxy) is 1. The van der Waals surface area contributed by atoms with Crippen molar-refractivity contribution < 1.29 is 9.53 Å². The first kappa shape index (κ1) is 15.3. The lowest BCUT2D eigenvalue weighted by Crippen LogP contribution is -2.22. The quantitative estimate of drug-likeness (QED) is 0.807. The van der Waals surface area contributed by atoms with Crippen molar-refractivity contribution in [2.75, 3.05) is 11.9 Å². The molecule has 0 atom stereocenters. The van der Waals surface area contributed by atoms with Gasteiger partial charge in [0.1, 0.15) is 12.4 Å². The average molecular weight is 376 g/mol.